The first kappa shape index (κ1) is 17.7. The zero-order valence-corrected chi connectivity index (χ0v) is 14.5. The lowest BCUT2D eigenvalue weighted by Gasteiger charge is -2.15. The van der Waals surface area contributed by atoms with E-state index in [1.807, 2.05) is 6.92 Å². The summed E-state index contributed by atoms with van der Waals surface area (Å²) in [6.07, 6.45) is 1.34. The van der Waals surface area contributed by atoms with E-state index in [0.29, 0.717) is 24.7 Å². The molecule has 0 aliphatic rings. The summed E-state index contributed by atoms with van der Waals surface area (Å²) in [6.45, 7) is 6.95. The molecule has 0 aromatic heterocycles. The lowest BCUT2D eigenvalue weighted by atomic mass is 10.1. The first-order valence-electron chi connectivity index (χ1n) is 7.74. The number of hydrogen-bond donors (Lipinski definition) is 1. The normalized spacial score (nSPS) is 10.8. The highest BCUT2D eigenvalue weighted by Crippen LogP contribution is 2.28. The standard InChI is InChI=1S/C19H23NO4/c1-13-5-6-14(2)19(15(13)3)24-10-9-23-18-11-16(12-20-21)7-8-17(18)22-4/h5-8,11-12,21H,9-10H2,1-4H3. The Labute approximate surface area is 142 Å². The van der Waals surface area contributed by atoms with Gasteiger partial charge in [-0.2, -0.15) is 0 Å². The summed E-state index contributed by atoms with van der Waals surface area (Å²) in [7, 11) is 1.58. The number of benzene rings is 2. The Morgan fingerprint density at radius 1 is 0.958 bits per heavy atom. The monoisotopic (exact) mass is 329 g/mol. The summed E-state index contributed by atoms with van der Waals surface area (Å²) >= 11 is 0. The molecular formula is C19H23NO4. The van der Waals surface area contributed by atoms with Crippen molar-refractivity contribution in [2.45, 2.75) is 20.8 Å². The van der Waals surface area contributed by atoms with Gasteiger partial charge in [0.25, 0.3) is 0 Å². The fraction of sp³-hybridized carbons (Fsp3) is 0.316. The summed E-state index contributed by atoms with van der Waals surface area (Å²) in [5.41, 5.74) is 4.18. The van der Waals surface area contributed by atoms with E-state index >= 15 is 0 Å². The number of methoxy groups -OCH3 is 1. The number of rotatable bonds is 7. The summed E-state index contributed by atoms with van der Waals surface area (Å²) in [6, 6.07) is 9.44. The van der Waals surface area contributed by atoms with E-state index in [-0.39, 0.29) is 0 Å². The highest BCUT2D eigenvalue weighted by Gasteiger charge is 2.08. The van der Waals surface area contributed by atoms with E-state index in [0.717, 1.165) is 22.4 Å². The van der Waals surface area contributed by atoms with Gasteiger partial charge in [0.15, 0.2) is 11.5 Å². The van der Waals surface area contributed by atoms with E-state index in [9.17, 15) is 0 Å². The molecule has 0 bridgehead atoms. The molecule has 2 aromatic rings. The molecule has 128 valence electrons. The van der Waals surface area contributed by atoms with Gasteiger partial charge in [-0.15, -0.1) is 0 Å². The Hall–Kier alpha value is -2.69. The number of aryl methyl sites for hydroxylation is 2. The molecule has 0 aliphatic heterocycles. The summed E-state index contributed by atoms with van der Waals surface area (Å²) in [4.78, 5) is 0. The van der Waals surface area contributed by atoms with E-state index in [4.69, 9.17) is 19.4 Å². The molecule has 2 aromatic carbocycles. The maximum absolute atomic E-state index is 8.63. The van der Waals surface area contributed by atoms with Gasteiger partial charge in [-0.1, -0.05) is 17.3 Å². The van der Waals surface area contributed by atoms with Crippen molar-refractivity contribution in [3.05, 3.63) is 52.6 Å². The van der Waals surface area contributed by atoms with Crippen molar-refractivity contribution in [2.75, 3.05) is 20.3 Å². The second kappa shape index (κ2) is 8.24. The second-order valence-electron chi connectivity index (χ2n) is 5.51. The molecule has 0 saturated carbocycles. The van der Waals surface area contributed by atoms with Crippen LogP contribution in [0.15, 0.2) is 35.5 Å². The lowest BCUT2D eigenvalue weighted by Crippen LogP contribution is -2.11. The van der Waals surface area contributed by atoms with E-state index < -0.39 is 0 Å². The number of hydrogen-bond acceptors (Lipinski definition) is 5. The highest BCUT2D eigenvalue weighted by molar-refractivity contribution is 5.80. The first-order chi connectivity index (χ1) is 11.6. The van der Waals surface area contributed by atoms with E-state index in [1.165, 1.54) is 11.8 Å². The van der Waals surface area contributed by atoms with Gasteiger partial charge in [0, 0.05) is 5.56 Å². The summed E-state index contributed by atoms with van der Waals surface area (Å²) in [5, 5.41) is 11.6. The first-order valence-corrected chi connectivity index (χ1v) is 7.74. The van der Waals surface area contributed by atoms with Crippen molar-refractivity contribution in [1.82, 2.24) is 0 Å². The van der Waals surface area contributed by atoms with Crippen molar-refractivity contribution < 1.29 is 19.4 Å². The van der Waals surface area contributed by atoms with Crippen molar-refractivity contribution in [3.8, 4) is 17.2 Å². The third-order valence-corrected chi connectivity index (χ3v) is 3.86. The minimum atomic E-state index is 0.378. The molecule has 0 radical (unpaired) electrons. The predicted molar refractivity (Wildman–Crippen MR) is 94.0 cm³/mol. The zero-order chi connectivity index (χ0) is 17.5. The summed E-state index contributed by atoms with van der Waals surface area (Å²) < 4.78 is 16.9. The van der Waals surface area contributed by atoms with Crippen molar-refractivity contribution in [3.63, 3.8) is 0 Å². The van der Waals surface area contributed by atoms with Crippen LogP contribution in [0.2, 0.25) is 0 Å². The third-order valence-electron chi connectivity index (χ3n) is 3.86. The molecule has 5 nitrogen and oxygen atoms in total. The molecule has 0 saturated heterocycles. The Morgan fingerprint density at radius 3 is 2.38 bits per heavy atom. The minimum Gasteiger partial charge on any atom is -0.493 e. The van der Waals surface area contributed by atoms with Gasteiger partial charge in [0.1, 0.15) is 19.0 Å². The third kappa shape index (κ3) is 4.19. The van der Waals surface area contributed by atoms with E-state index in [1.54, 1.807) is 25.3 Å². The fourth-order valence-electron chi connectivity index (χ4n) is 2.40. The second-order valence-corrected chi connectivity index (χ2v) is 5.51. The molecule has 0 unspecified atom stereocenters. The minimum absolute atomic E-state index is 0.378. The van der Waals surface area contributed by atoms with Crippen LogP contribution in [0.3, 0.4) is 0 Å². The van der Waals surface area contributed by atoms with E-state index in [2.05, 4.69) is 31.1 Å². The van der Waals surface area contributed by atoms with Crippen molar-refractivity contribution >= 4 is 6.21 Å². The molecule has 5 heteroatoms. The molecule has 0 atom stereocenters. The van der Waals surface area contributed by atoms with Crippen LogP contribution < -0.4 is 14.2 Å². The van der Waals surface area contributed by atoms with Gasteiger partial charge in [-0.25, -0.2) is 0 Å². The topological polar surface area (TPSA) is 60.3 Å². The van der Waals surface area contributed by atoms with Crippen molar-refractivity contribution in [2.24, 2.45) is 5.16 Å². The zero-order valence-electron chi connectivity index (χ0n) is 14.5. The van der Waals surface area contributed by atoms with Crippen LogP contribution in [0, 0.1) is 20.8 Å². The molecular weight excluding hydrogens is 306 g/mol. The molecule has 2 rings (SSSR count). The smallest absolute Gasteiger partial charge is 0.161 e. The lowest BCUT2D eigenvalue weighted by molar-refractivity contribution is 0.209. The van der Waals surface area contributed by atoms with Crippen LogP contribution in [0.25, 0.3) is 0 Å². The molecule has 24 heavy (non-hydrogen) atoms. The number of oxime groups is 1. The van der Waals surface area contributed by atoms with Crippen LogP contribution >= 0.6 is 0 Å². The van der Waals surface area contributed by atoms with Gasteiger partial charge < -0.3 is 19.4 Å². The molecule has 0 fully saturated rings. The Bertz CT molecular complexity index is 726. The maximum atomic E-state index is 8.63. The fourth-order valence-corrected chi connectivity index (χ4v) is 2.40. The van der Waals surface area contributed by atoms with Crippen LogP contribution in [0.1, 0.15) is 22.3 Å². The summed E-state index contributed by atoms with van der Waals surface area (Å²) in [5.74, 6) is 2.11. The average Bonchev–Trinajstić information content (AvgIpc) is 2.58. The molecule has 0 heterocycles. The largest absolute Gasteiger partial charge is 0.493 e. The highest BCUT2D eigenvalue weighted by atomic mass is 16.5. The average molecular weight is 329 g/mol. The van der Waals surface area contributed by atoms with Gasteiger partial charge >= 0.3 is 0 Å². The predicted octanol–water partition coefficient (Wildman–Crippen LogP) is 3.89. The molecule has 0 aliphatic carbocycles. The van der Waals surface area contributed by atoms with Crippen LogP contribution in [-0.4, -0.2) is 31.7 Å². The molecule has 1 N–H and O–H groups in total. The van der Waals surface area contributed by atoms with Gasteiger partial charge in [0.05, 0.1) is 13.3 Å². The molecule has 0 amide bonds. The van der Waals surface area contributed by atoms with Crippen LogP contribution in [0.4, 0.5) is 0 Å². The maximum Gasteiger partial charge on any atom is 0.161 e. The number of ether oxygens (including phenoxy) is 3. The Balaban J connectivity index is 2.00. The van der Waals surface area contributed by atoms with Crippen LogP contribution in [-0.2, 0) is 0 Å². The molecule has 0 spiro atoms. The number of nitrogens with zero attached hydrogens (tertiary/aromatic N) is 1. The van der Waals surface area contributed by atoms with Crippen molar-refractivity contribution in [1.29, 1.82) is 0 Å². The van der Waals surface area contributed by atoms with Crippen LogP contribution in [0.5, 0.6) is 17.2 Å². The Kier molecular flexibility index (Phi) is 6.07. The quantitative estimate of drug-likeness (QED) is 0.362. The Morgan fingerprint density at radius 2 is 1.67 bits per heavy atom. The van der Waals surface area contributed by atoms with Gasteiger partial charge in [-0.05, 0) is 55.7 Å². The van der Waals surface area contributed by atoms with Gasteiger partial charge in [-0.3, -0.25) is 0 Å². The van der Waals surface area contributed by atoms with Gasteiger partial charge in [0.2, 0.25) is 0 Å². The SMILES string of the molecule is COc1ccc(C=NO)cc1OCCOc1c(C)ccc(C)c1C.